The maximum Gasteiger partial charge on any atom is 0.490 e. The quantitative estimate of drug-likeness (QED) is 0.623. The van der Waals surface area contributed by atoms with Crippen LogP contribution in [0.25, 0.3) is 0 Å². The summed E-state index contributed by atoms with van der Waals surface area (Å²) in [4.78, 5) is 35.0. The Labute approximate surface area is 171 Å². The van der Waals surface area contributed by atoms with E-state index in [0.717, 1.165) is 24.9 Å². The van der Waals surface area contributed by atoms with Crippen molar-refractivity contribution < 1.29 is 32.7 Å². The number of carboxylic acids is 1. The lowest BCUT2D eigenvalue weighted by molar-refractivity contribution is -0.192. The number of anilines is 1. The molecule has 1 heterocycles. The van der Waals surface area contributed by atoms with E-state index < -0.39 is 18.2 Å². The van der Waals surface area contributed by atoms with Gasteiger partial charge in [0.05, 0.1) is 12.1 Å². The van der Waals surface area contributed by atoms with E-state index >= 15 is 0 Å². The number of carboxylic acid groups (broad SMARTS) is 1. The van der Waals surface area contributed by atoms with Crippen LogP contribution in [-0.2, 0) is 20.8 Å². The number of carbonyl (C=O) groups excluding carboxylic acids is 2. The summed E-state index contributed by atoms with van der Waals surface area (Å²) in [6, 6.07) is 7.34. The van der Waals surface area contributed by atoms with Crippen molar-refractivity contribution in [2.75, 3.05) is 11.4 Å². The van der Waals surface area contributed by atoms with E-state index in [1.807, 2.05) is 24.3 Å². The Morgan fingerprint density at radius 1 is 1.27 bits per heavy atom. The van der Waals surface area contributed by atoms with E-state index in [-0.39, 0.29) is 17.9 Å². The normalized spacial score (nSPS) is 17.6. The van der Waals surface area contributed by atoms with E-state index in [0.29, 0.717) is 12.5 Å². The Hall–Kier alpha value is -2.88. The lowest BCUT2D eigenvalue weighted by atomic mass is 10.1. The first-order valence-corrected chi connectivity index (χ1v) is 9.44. The van der Waals surface area contributed by atoms with Gasteiger partial charge < -0.3 is 21.1 Å². The topological polar surface area (TPSA) is 113 Å². The minimum atomic E-state index is -5.08. The number of hydrogen-bond donors (Lipinski definition) is 3. The first kappa shape index (κ1) is 23.4. The van der Waals surface area contributed by atoms with Crippen LogP contribution in [-0.4, -0.2) is 47.7 Å². The van der Waals surface area contributed by atoms with Gasteiger partial charge >= 0.3 is 12.1 Å². The van der Waals surface area contributed by atoms with Gasteiger partial charge in [0, 0.05) is 18.3 Å². The van der Waals surface area contributed by atoms with Crippen molar-refractivity contribution in [3.63, 3.8) is 0 Å². The van der Waals surface area contributed by atoms with Crippen molar-refractivity contribution in [1.82, 2.24) is 5.32 Å². The molecule has 4 N–H and O–H groups in total. The number of halogens is 3. The zero-order valence-corrected chi connectivity index (χ0v) is 16.4. The number of para-hydroxylation sites is 1. The van der Waals surface area contributed by atoms with Crippen LogP contribution in [0, 0.1) is 5.92 Å². The van der Waals surface area contributed by atoms with Crippen LogP contribution in [0.5, 0.6) is 0 Å². The molecule has 7 nitrogen and oxygen atoms in total. The predicted molar refractivity (Wildman–Crippen MR) is 104 cm³/mol. The standard InChI is InChI=1S/C18H23N3O2.C2HF3O2/c1-12(19)18(23)20-15(13-6-7-13)8-9-17(22)21-11-10-14-4-2-3-5-16(14)21;3-2(4,5)1(6)7/h2-5,8-9,12-13,15H,6-7,10-11,19H2,1H3,(H,20,23);(H,6,7)/b9-8+;/t12-,15+;/m0./s1. The molecule has 164 valence electrons. The average molecular weight is 427 g/mol. The number of hydrogen-bond acceptors (Lipinski definition) is 4. The molecule has 1 aliphatic heterocycles. The molecule has 0 saturated heterocycles. The molecule has 0 spiro atoms. The molecule has 1 aliphatic carbocycles. The first-order valence-electron chi connectivity index (χ1n) is 9.44. The van der Waals surface area contributed by atoms with Gasteiger partial charge in [0.2, 0.25) is 5.91 Å². The van der Waals surface area contributed by atoms with Crippen LogP contribution in [0.1, 0.15) is 25.3 Å². The number of rotatable bonds is 5. The van der Waals surface area contributed by atoms with Crippen molar-refractivity contribution in [2.45, 2.75) is 44.4 Å². The third-order valence-corrected chi connectivity index (χ3v) is 4.69. The van der Waals surface area contributed by atoms with Crippen molar-refractivity contribution in [1.29, 1.82) is 0 Å². The van der Waals surface area contributed by atoms with Crippen LogP contribution in [0.15, 0.2) is 36.4 Å². The van der Waals surface area contributed by atoms with E-state index in [1.165, 1.54) is 5.56 Å². The number of aliphatic carboxylic acids is 1. The highest BCUT2D eigenvalue weighted by molar-refractivity contribution is 6.03. The van der Waals surface area contributed by atoms with Crippen LogP contribution in [0.3, 0.4) is 0 Å². The zero-order valence-electron chi connectivity index (χ0n) is 16.4. The molecular weight excluding hydrogens is 403 g/mol. The molecule has 10 heteroatoms. The number of nitrogens with zero attached hydrogens (tertiary/aromatic N) is 1. The molecule has 1 aromatic rings. The van der Waals surface area contributed by atoms with E-state index in [2.05, 4.69) is 11.4 Å². The third-order valence-electron chi connectivity index (χ3n) is 4.69. The number of benzene rings is 1. The summed E-state index contributed by atoms with van der Waals surface area (Å²) < 4.78 is 31.7. The van der Waals surface area contributed by atoms with E-state index in [9.17, 15) is 22.8 Å². The van der Waals surface area contributed by atoms with Gasteiger partial charge in [-0.2, -0.15) is 13.2 Å². The predicted octanol–water partition coefficient (Wildman–Crippen LogP) is 2.01. The second-order valence-electron chi connectivity index (χ2n) is 7.19. The molecule has 0 radical (unpaired) electrons. The summed E-state index contributed by atoms with van der Waals surface area (Å²) in [6.07, 6.45) is 1.38. The Morgan fingerprint density at radius 2 is 1.87 bits per heavy atom. The lowest BCUT2D eigenvalue weighted by Gasteiger charge is -2.18. The molecule has 0 aromatic heterocycles. The van der Waals surface area contributed by atoms with E-state index in [4.69, 9.17) is 15.6 Å². The molecule has 2 atom stereocenters. The Morgan fingerprint density at radius 3 is 2.40 bits per heavy atom. The molecule has 30 heavy (non-hydrogen) atoms. The second-order valence-corrected chi connectivity index (χ2v) is 7.19. The number of fused-ring (bicyclic) bond motifs is 1. The highest BCUT2D eigenvalue weighted by atomic mass is 19.4. The molecule has 2 aliphatic rings. The van der Waals surface area contributed by atoms with Crippen molar-refractivity contribution in [2.24, 2.45) is 11.7 Å². The monoisotopic (exact) mass is 427 g/mol. The number of carbonyl (C=O) groups is 3. The van der Waals surface area contributed by atoms with Crippen molar-refractivity contribution >= 4 is 23.5 Å². The fourth-order valence-corrected chi connectivity index (χ4v) is 2.92. The molecule has 1 aromatic carbocycles. The molecule has 1 fully saturated rings. The van der Waals surface area contributed by atoms with E-state index in [1.54, 1.807) is 17.9 Å². The Bertz CT molecular complexity index is 820. The SMILES string of the molecule is C[C@H](N)C(=O)N[C@H](/C=C/C(=O)N1CCc2ccccc21)C1CC1.O=C(O)C(F)(F)F. The van der Waals surface area contributed by atoms with Gasteiger partial charge in [-0.25, -0.2) is 4.79 Å². The minimum absolute atomic E-state index is 0.0318. The highest BCUT2D eigenvalue weighted by Crippen LogP contribution is 2.33. The van der Waals surface area contributed by atoms with Crippen molar-refractivity contribution in [3.8, 4) is 0 Å². The molecule has 1 saturated carbocycles. The fraction of sp³-hybridized carbons (Fsp3) is 0.450. The van der Waals surface area contributed by atoms with Gasteiger partial charge in [0.15, 0.2) is 0 Å². The number of nitrogens with one attached hydrogen (secondary N) is 1. The summed E-state index contributed by atoms with van der Waals surface area (Å²) in [6.45, 7) is 2.37. The molecule has 0 bridgehead atoms. The Balaban J connectivity index is 0.000000396. The van der Waals surface area contributed by atoms with Gasteiger partial charge in [-0.3, -0.25) is 9.59 Å². The summed E-state index contributed by atoms with van der Waals surface area (Å²) in [5.74, 6) is -2.54. The summed E-state index contributed by atoms with van der Waals surface area (Å²) >= 11 is 0. The second kappa shape index (κ2) is 9.75. The average Bonchev–Trinajstić information content (AvgIpc) is 3.42. The third kappa shape index (κ3) is 6.58. The first-order chi connectivity index (χ1) is 14.0. The highest BCUT2D eigenvalue weighted by Gasteiger charge is 2.38. The van der Waals surface area contributed by atoms with Gasteiger partial charge in [-0.1, -0.05) is 24.3 Å². The maximum absolute atomic E-state index is 12.5. The number of alkyl halides is 3. The van der Waals surface area contributed by atoms with Gasteiger partial charge in [-0.15, -0.1) is 0 Å². The van der Waals surface area contributed by atoms with Crippen LogP contribution < -0.4 is 16.0 Å². The molecular formula is C20H24F3N3O4. The van der Waals surface area contributed by atoms with Gasteiger partial charge in [0.1, 0.15) is 0 Å². The van der Waals surface area contributed by atoms with Gasteiger partial charge in [0.25, 0.3) is 5.91 Å². The smallest absolute Gasteiger partial charge is 0.475 e. The number of amides is 2. The van der Waals surface area contributed by atoms with Crippen LogP contribution >= 0.6 is 0 Å². The number of nitrogens with two attached hydrogens (primary N) is 1. The summed E-state index contributed by atoms with van der Waals surface area (Å²) in [7, 11) is 0. The van der Waals surface area contributed by atoms with Gasteiger partial charge in [-0.05, 0) is 43.7 Å². The minimum Gasteiger partial charge on any atom is -0.475 e. The summed E-state index contributed by atoms with van der Waals surface area (Å²) in [5.41, 5.74) is 7.80. The Kier molecular flexibility index (Phi) is 7.60. The zero-order chi connectivity index (χ0) is 22.5. The maximum atomic E-state index is 12.5. The largest absolute Gasteiger partial charge is 0.490 e. The molecule has 0 unspecified atom stereocenters. The molecule has 2 amide bonds. The van der Waals surface area contributed by atoms with Crippen LogP contribution in [0.2, 0.25) is 0 Å². The van der Waals surface area contributed by atoms with Crippen molar-refractivity contribution in [3.05, 3.63) is 42.0 Å². The van der Waals surface area contributed by atoms with Crippen LogP contribution in [0.4, 0.5) is 18.9 Å². The molecule has 3 rings (SSSR count). The lowest BCUT2D eigenvalue weighted by Crippen LogP contribution is -2.44. The fourth-order valence-electron chi connectivity index (χ4n) is 2.92. The summed E-state index contributed by atoms with van der Waals surface area (Å²) in [5, 5.41) is 10.0.